The zero-order valence-electron chi connectivity index (χ0n) is 32.9. The first-order valence-corrected chi connectivity index (χ1v) is 19.5. The number of aromatic amines is 1. The number of ether oxygens (including phenoxy) is 5. The number of hydrogen-bond donors (Lipinski definition) is 2. The number of H-pyrrole nitrogens is 1. The van der Waals surface area contributed by atoms with E-state index in [1.54, 1.807) is 38.5 Å². The molecule has 1 fully saturated rings. The molecular weight excluding hydrogens is 767 g/mol. The van der Waals surface area contributed by atoms with E-state index in [9.17, 15) is 24.3 Å². The molecule has 306 valence electrons. The molecule has 13 nitrogen and oxygen atoms in total. The molecule has 4 atom stereocenters. The molecule has 0 spiro atoms. The molecule has 0 radical (unpaired) electrons. The van der Waals surface area contributed by atoms with Gasteiger partial charge >= 0.3 is 5.69 Å². The summed E-state index contributed by atoms with van der Waals surface area (Å²) in [6, 6.07) is 40.7. The predicted molar refractivity (Wildman–Crippen MR) is 220 cm³/mol. The molecule has 13 heteroatoms. The van der Waals surface area contributed by atoms with Crippen LogP contribution in [0.4, 0.5) is 0 Å². The van der Waals surface area contributed by atoms with E-state index in [4.69, 9.17) is 23.7 Å². The van der Waals surface area contributed by atoms with Crippen molar-refractivity contribution < 1.29 is 38.4 Å². The average molecular weight is 810 g/mol. The molecule has 0 unspecified atom stereocenters. The van der Waals surface area contributed by atoms with E-state index in [0.29, 0.717) is 11.5 Å². The number of aliphatic hydroxyl groups is 1. The Labute approximate surface area is 345 Å². The molecule has 0 saturated carbocycles. The first-order valence-electron chi connectivity index (χ1n) is 19.5. The lowest BCUT2D eigenvalue weighted by Crippen LogP contribution is -2.57. The van der Waals surface area contributed by atoms with E-state index in [1.165, 1.54) is 6.20 Å². The Kier molecular flexibility index (Phi) is 11.6. The number of carbonyl (C=O) groups is 2. The third-order valence-corrected chi connectivity index (χ3v) is 11.0. The summed E-state index contributed by atoms with van der Waals surface area (Å²) < 4.78 is 32.4. The lowest BCUT2D eigenvalue weighted by Gasteiger charge is -2.45. The van der Waals surface area contributed by atoms with Gasteiger partial charge in [0.2, 0.25) is 0 Å². The Balaban J connectivity index is 1.16. The third kappa shape index (κ3) is 7.66. The summed E-state index contributed by atoms with van der Waals surface area (Å²) in [7, 11) is 3.19. The number of methoxy groups -OCH3 is 2. The minimum absolute atomic E-state index is 0.0626. The number of fused-ring (bicyclic) bond motifs is 1. The summed E-state index contributed by atoms with van der Waals surface area (Å²) >= 11 is 0. The summed E-state index contributed by atoms with van der Waals surface area (Å²) in [6.07, 6.45) is -3.65. The number of nitrogens with one attached hydrogen (secondary N) is 1. The normalized spacial score (nSPS) is 18.9. The molecule has 2 aliphatic heterocycles. The van der Waals surface area contributed by atoms with Crippen molar-refractivity contribution in [2.45, 2.75) is 43.2 Å². The van der Waals surface area contributed by atoms with Gasteiger partial charge in [-0.25, -0.2) is 4.79 Å². The Bertz CT molecular complexity index is 2490. The van der Waals surface area contributed by atoms with E-state index >= 15 is 0 Å². The van der Waals surface area contributed by atoms with Crippen molar-refractivity contribution in [1.29, 1.82) is 0 Å². The fraction of sp³-hybridized carbons (Fsp3) is 0.234. The highest BCUT2D eigenvalue weighted by Crippen LogP contribution is 2.44. The van der Waals surface area contributed by atoms with Gasteiger partial charge in [0, 0.05) is 18.3 Å². The summed E-state index contributed by atoms with van der Waals surface area (Å²) in [4.78, 5) is 56.2. The Morgan fingerprint density at radius 1 is 0.717 bits per heavy atom. The summed E-state index contributed by atoms with van der Waals surface area (Å²) in [5, 5.41) is 12.3. The molecule has 0 aliphatic carbocycles. The smallest absolute Gasteiger partial charge is 0.330 e. The van der Waals surface area contributed by atoms with Crippen LogP contribution in [0.25, 0.3) is 0 Å². The maximum Gasteiger partial charge on any atom is 0.330 e. The fourth-order valence-electron chi connectivity index (χ4n) is 7.91. The highest BCUT2D eigenvalue weighted by molar-refractivity contribution is 6.21. The molecule has 2 aliphatic rings. The second kappa shape index (κ2) is 17.3. The minimum Gasteiger partial charge on any atom is -0.497 e. The van der Waals surface area contributed by atoms with E-state index < -0.39 is 53.2 Å². The molecule has 3 heterocycles. The number of aromatic nitrogens is 2. The number of benzene rings is 5. The summed E-state index contributed by atoms with van der Waals surface area (Å²) in [6.45, 7) is -0.179. The monoisotopic (exact) mass is 809 g/mol. The molecule has 5 aromatic carbocycles. The van der Waals surface area contributed by atoms with Crippen molar-refractivity contribution >= 4 is 11.8 Å². The van der Waals surface area contributed by atoms with Gasteiger partial charge in [-0.1, -0.05) is 97.1 Å². The van der Waals surface area contributed by atoms with Gasteiger partial charge in [-0.05, 0) is 65.1 Å². The van der Waals surface area contributed by atoms with Crippen LogP contribution < -0.4 is 20.7 Å². The molecule has 0 bridgehead atoms. The van der Waals surface area contributed by atoms with Gasteiger partial charge in [0.05, 0.1) is 38.6 Å². The SMILES string of the molecule is COc1ccc(C(O[C@@H]2CO[C@@H](n3cc(CCN4C(=O)c5ccccc5C4=O)c(=O)[nH]c3=O)[C@H](O)[C@@H]2OCc2ccccc2)(c2ccccc2)c2ccc(OC)cc2)cc1. The lowest BCUT2D eigenvalue weighted by atomic mass is 9.79. The van der Waals surface area contributed by atoms with Gasteiger partial charge in [-0.2, -0.15) is 0 Å². The molecule has 2 amide bonds. The first kappa shape index (κ1) is 40.2. The first-order chi connectivity index (χ1) is 29.2. The second-order valence-electron chi connectivity index (χ2n) is 14.5. The number of aliphatic hydroxyl groups excluding tert-OH is 1. The largest absolute Gasteiger partial charge is 0.497 e. The van der Waals surface area contributed by atoms with Crippen LogP contribution in [0.3, 0.4) is 0 Å². The van der Waals surface area contributed by atoms with Gasteiger partial charge in [0.15, 0.2) is 6.23 Å². The molecule has 1 aromatic heterocycles. The van der Waals surface area contributed by atoms with E-state index in [2.05, 4.69) is 4.98 Å². The van der Waals surface area contributed by atoms with Crippen LogP contribution in [-0.4, -0.2) is 77.1 Å². The van der Waals surface area contributed by atoms with Crippen LogP contribution >= 0.6 is 0 Å². The maximum absolute atomic E-state index is 13.5. The predicted octanol–water partition coefficient (Wildman–Crippen LogP) is 5.24. The van der Waals surface area contributed by atoms with Crippen LogP contribution in [0.1, 0.15) is 54.8 Å². The number of rotatable bonds is 14. The quantitative estimate of drug-likeness (QED) is 0.110. The van der Waals surface area contributed by atoms with Crippen LogP contribution in [0.2, 0.25) is 0 Å². The zero-order chi connectivity index (χ0) is 41.8. The standard InChI is InChI=1S/C47H43N3O10/c1-56-35-21-17-33(18-22-35)47(32-13-7-4-8-14-32,34-19-23-36(57-2)24-20-34)60-39-29-59-45(40(51)41(39)58-28-30-11-5-3-6-12-30)50-27-31(42(52)48-46(50)55)25-26-49-43(53)37-15-9-10-16-38(37)44(49)54/h3-24,27,39-41,45,51H,25-26,28-29H2,1-2H3,(H,48,52,55)/t39-,40-,41-,45-/m1/s1. The lowest BCUT2D eigenvalue weighted by molar-refractivity contribution is -0.255. The fourth-order valence-corrected chi connectivity index (χ4v) is 7.91. The number of imide groups is 1. The molecule has 8 rings (SSSR count). The number of nitrogens with zero attached hydrogens (tertiary/aromatic N) is 2. The van der Waals surface area contributed by atoms with Crippen LogP contribution in [0.15, 0.2) is 149 Å². The molecule has 2 N–H and O–H groups in total. The van der Waals surface area contributed by atoms with Crippen molar-refractivity contribution in [3.8, 4) is 11.5 Å². The number of carbonyl (C=O) groups excluding carboxylic acids is 2. The van der Waals surface area contributed by atoms with Crippen molar-refractivity contribution in [1.82, 2.24) is 14.5 Å². The summed E-state index contributed by atoms with van der Waals surface area (Å²) in [5.41, 5.74) is 0.955. The van der Waals surface area contributed by atoms with Gasteiger partial charge in [-0.3, -0.25) is 28.8 Å². The van der Waals surface area contributed by atoms with Crippen molar-refractivity contribution in [2.24, 2.45) is 0 Å². The molecule has 60 heavy (non-hydrogen) atoms. The molecular formula is C47H43N3O10. The van der Waals surface area contributed by atoms with Crippen LogP contribution in [0.5, 0.6) is 11.5 Å². The third-order valence-electron chi connectivity index (χ3n) is 11.0. The van der Waals surface area contributed by atoms with Crippen molar-refractivity contribution in [3.05, 3.63) is 199 Å². The van der Waals surface area contributed by atoms with Gasteiger partial charge in [0.25, 0.3) is 17.4 Å². The highest BCUT2D eigenvalue weighted by Gasteiger charge is 2.48. The zero-order valence-corrected chi connectivity index (χ0v) is 32.9. The molecule has 1 saturated heterocycles. The van der Waals surface area contributed by atoms with Crippen molar-refractivity contribution in [3.63, 3.8) is 0 Å². The van der Waals surface area contributed by atoms with Gasteiger partial charge in [0.1, 0.15) is 35.4 Å². The van der Waals surface area contributed by atoms with Gasteiger partial charge < -0.3 is 28.8 Å². The van der Waals surface area contributed by atoms with Crippen molar-refractivity contribution in [2.75, 3.05) is 27.4 Å². The topological polar surface area (TPSA) is 159 Å². The molecule has 6 aromatic rings. The van der Waals surface area contributed by atoms with E-state index in [1.807, 2.05) is 109 Å². The van der Waals surface area contributed by atoms with Gasteiger partial charge in [-0.15, -0.1) is 0 Å². The minimum atomic E-state index is -1.51. The Morgan fingerprint density at radius 3 is 1.82 bits per heavy atom. The van der Waals surface area contributed by atoms with Crippen LogP contribution in [0, 0.1) is 0 Å². The number of amides is 2. The average Bonchev–Trinajstić information content (AvgIpc) is 3.53. The highest BCUT2D eigenvalue weighted by atomic mass is 16.6. The summed E-state index contributed by atoms with van der Waals surface area (Å²) in [5.74, 6) is 0.361. The van der Waals surface area contributed by atoms with Crippen LogP contribution in [-0.2, 0) is 32.8 Å². The Hall–Kier alpha value is -6.64. The number of hydrogen-bond acceptors (Lipinski definition) is 10. The van der Waals surface area contributed by atoms with E-state index in [0.717, 1.165) is 31.7 Å². The van der Waals surface area contributed by atoms with E-state index in [-0.39, 0.29) is 42.9 Å². The maximum atomic E-state index is 13.5. The second-order valence-corrected chi connectivity index (χ2v) is 14.5. The Morgan fingerprint density at radius 2 is 1.25 bits per heavy atom.